The molecule has 0 saturated heterocycles. The van der Waals surface area contributed by atoms with E-state index in [9.17, 15) is 12.8 Å². The highest BCUT2D eigenvalue weighted by atomic mass is 79.9. The predicted molar refractivity (Wildman–Crippen MR) is 78.7 cm³/mol. The van der Waals surface area contributed by atoms with Crippen molar-refractivity contribution in [3.63, 3.8) is 0 Å². The molecule has 0 radical (unpaired) electrons. The van der Waals surface area contributed by atoms with E-state index in [4.69, 9.17) is 0 Å². The Hall–Kier alpha value is -1.67. The molecule has 0 unspecified atom stereocenters. The van der Waals surface area contributed by atoms with E-state index in [1.54, 1.807) is 7.05 Å². The van der Waals surface area contributed by atoms with Crippen molar-refractivity contribution >= 4 is 37.5 Å². The van der Waals surface area contributed by atoms with E-state index in [0.717, 1.165) is 0 Å². The summed E-state index contributed by atoms with van der Waals surface area (Å²) in [6, 6.07) is 6.48. The number of anilines is 2. The first-order valence-corrected chi connectivity index (χ1v) is 7.81. The third-order valence-electron chi connectivity index (χ3n) is 2.44. The van der Waals surface area contributed by atoms with Gasteiger partial charge in [-0.15, -0.1) is 0 Å². The Morgan fingerprint density at radius 1 is 1.25 bits per heavy atom. The van der Waals surface area contributed by atoms with Crippen LogP contribution in [0.1, 0.15) is 0 Å². The first kappa shape index (κ1) is 14.7. The van der Waals surface area contributed by atoms with E-state index in [1.165, 1.54) is 36.5 Å². The molecule has 0 fully saturated rings. The summed E-state index contributed by atoms with van der Waals surface area (Å²) in [5.74, 6) is -0.212. The van der Waals surface area contributed by atoms with Crippen molar-refractivity contribution in [2.24, 2.45) is 0 Å². The van der Waals surface area contributed by atoms with Crippen molar-refractivity contribution in [3.05, 3.63) is 46.8 Å². The number of sulfonamides is 1. The number of nitrogens with zero attached hydrogens (tertiary/aromatic N) is 1. The number of nitrogens with one attached hydrogen (secondary N) is 2. The lowest BCUT2D eigenvalue weighted by Crippen LogP contribution is -2.15. The van der Waals surface area contributed by atoms with Crippen molar-refractivity contribution in [1.82, 2.24) is 4.98 Å². The van der Waals surface area contributed by atoms with Gasteiger partial charge in [-0.3, -0.25) is 4.72 Å². The van der Waals surface area contributed by atoms with E-state index in [1.807, 2.05) is 0 Å². The normalized spacial score (nSPS) is 11.2. The van der Waals surface area contributed by atoms with Gasteiger partial charge in [0.25, 0.3) is 10.0 Å². The average Bonchev–Trinajstić information content (AvgIpc) is 2.41. The van der Waals surface area contributed by atoms with Gasteiger partial charge in [0, 0.05) is 23.4 Å². The summed E-state index contributed by atoms with van der Waals surface area (Å²) in [4.78, 5) is 3.98. The second-order valence-corrected chi connectivity index (χ2v) is 6.43. The predicted octanol–water partition coefficient (Wildman–Crippen LogP) is 2.83. The van der Waals surface area contributed by atoms with Crippen molar-refractivity contribution < 1.29 is 12.8 Å². The fourth-order valence-corrected chi connectivity index (χ4v) is 3.27. The first-order chi connectivity index (χ1) is 9.42. The number of hydrogen-bond donors (Lipinski definition) is 2. The largest absolute Gasteiger partial charge is 0.372 e. The lowest BCUT2D eigenvalue weighted by molar-refractivity contribution is 0.601. The fourth-order valence-electron chi connectivity index (χ4n) is 1.54. The molecule has 1 heterocycles. The van der Waals surface area contributed by atoms with Crippen LogP contribution in [0.2, 0.25) is 0 Å². The summed E-state index contributed by atoms with van der Waals surface area (Å²) in [7, 11) is -2.24. The monoisotopic (exact) mass is 359 g/mol. The first-order valence-electron chi connectivity index (χ1n) is 5.54. The third-order valence-corrected chi connectivity index (χ3v) is 4.27. The lowest BCUT2D eigenvalue weighted by atomic mass is 10.3. The molecule has 8 heteroatoms. The molecule has 106 valence electrons. The molecule has 1 aromatic carbocycles. The quantitative estimate of drug-likeness (QED) is 0.880. The summed E-state index contributed by atoms with van der Waals surface area (Å²) in [5, 5.41) is 2.71. The minimum absolute atomic E-state index is 0.00120. The molecule has 2 aromatic rings. The van der Waals surface area contributed by atoms with E-state index in [0.29, 0.717) is 4.47 Å². The number of benzene rings is 1. The van der Waals surface area contributed by atoms with Crippen molar-refractivity contribution in [2.75, 3.05) is 17.1 Å². The molecule has 0 amide bonds. The van der Waals surface area contributed by atoms with Crippen LogP contribution < -0.4 is 10.0 Å². The molecule has 5 nitrogen and oxygen atoms in total. The van der Waals surface area contributed by atoms with Crippen molar-refractivity contribution in [3.8, 4) is 0 Å². The van der Waals surface area contributed by atoms with Crippen molar-refractivity contribution in [1.29, 1.82) is 0 Å². The van der Waals surface area contributed by atoms with Gasteiger partial charge in [0.05, 0.1) is 0 Å². The van der Waals surface area contributed by atoms with Gasteiger partial charge in [-0.25, -0.2) is 17.8 Å². The maximum absolute atomic E-state index is 12.8. The van der Waals surface area contributed by atoms with E-state index >= 15 is 0 Å². The van der Waals surface area contributed by atoms with Crippen LogP contribution >= 0.6 is 15.9 Å². The summed E-state index contributed by atoms with van der Waals surface area (Å²) in [6.07, 6.45) is 1.49. The molecule has 2 N–H and O–H groups in total. The minimum atomic E-state index is -3.82. The smallest absolute Gasteiger partial charge is 0.265 e. The zero-order chi connectivity index (χ0) is 14.8. The van der Waals surface area contributed by atoms with Crippen LogP contribution in [-0.4, -0.2) is 20.4 Å². The van der Waals surface area contributed by atoms with Gasteiger partial charge in [-0.1, -0.05) is 0 Å². The highest BCUT2D eigenvalue weighted by Gasteiger charge is 2.20. The van der Waals surface area contributed by atoms with E-state index in [2.05, 4.69) is 31.0 Å². The molecule has 0 spiro atoms. The number of halogens is 2. The molecule has 0 atom stereocenters. The number of hydrogen-bond acceptors (Lipinski definition) is 4. The molecular weight excluding hydrogens is 349 g/mol. The van der Waals surface area contributed by atoms with Crippen LogP contribution in [0.25, 0.3) is 0 Å². The summed E-state index contributed by atoms with van der Waals surface area (Å²) in [5.41, 5.74) is 0.272. The fraction of sp³-hybridized carbons (Fsp3) is 0.0833. The van der Waals surface area contributed by atoms with Gasteiger partial charge in [0.1, 0.15) is 16.5 Å². The van der Waals surface area contributed by atoms with Gasteiger partial charge in [-0.05, 0) is 46.3 Å². The number of aromatic nitrogens is 1. The molecule has 20 heavy (non-hydrogen) atoms. The topological polar surface area (TPSA) is 71.1 Å². The van der Waals surface area contributed by atoms with Crippen LogP contribution in [-0.2, 0) is 10.0 Å². The summed E-state index contributed by atoms with van der Waals surface area (Å²) >= 11 is 3.18. The maximum atomic E-state index is 12.8. The van der Waals surface area contributed by atoms with Gasteiger partial charge < -0.3 is 5.32 Å². The van der Waals surface area contributed by atoms with Gasteiger partial charge in [0.15, 0.2) is 0 Å². The molecule has 0 aliphatic heterocycles. The second-order valence-electron chi connectivity index (χ2n) is 3.86. The number of rotatable bonds is 4. The second kappa shape index (κ2) is 5.76. The third kappa shape index (κ3) is 3.26. The Morgan fingerprint density at radius 3 is 2.50 bits per heavy atom. The molecule has 0 saturated carbocycles. The SMILES string of the molecule is CNc1ncc(Br)cc1S(=O)(=O)Nc1ccc(F)cc1. The molecule has 1 aromatic heterocycles. The summed E-state index contributed by atoms with van der Waals surface area (Å²) in [6.45, 7) is 0. The highest BCUT2D eigenvalue weighted by Crippen LogP contribution is 2.24. The van der Waals surface area contributed by atoms with Crippen LogP contribution in [0, 0.1) is 5.82 Å². The maximum Gasteiger partial charge on any atom is 0.265 e. The Morgan fingerprint density at radius 2 is 1.90 bits per heavy atom. The van der Waals surface area contributed by atoms with Crippen LogP contribution in [0.15, 0.2) is 45.9 Å². The Bertz CT molecular complexity index is 720. The summed E-state index contributed by atoms with van der Waals surface area (Å²) < 4.78 is 40.3. The van der Waals surface area contributed by atoms with Crippen LogP contribution in [0.3, 0.4) is 0 Å². The Kier molecular flexibility index (Phi) is 4.24. The van der Waals surface area contributed by atoms with Crippen LogP contribution in [0.4, 0.5) is 15.9 Å². The average molecular weight is 360 g/mol. The van der Waals surface area contributed by atoms with Crippen molar-refractivity contribution in [2.45, 2.75) is 4.90 Å². The van der Waals surface area contributed by atoms with Crippen LogP contribution in [0.5, 0.6) is 0 Å². The zero-order valence-corrected chi connectivity index (χ0v) is 12.8. The minimum Gasteiger partial charge on any atom is -0.372 e. The lowest BCUT2D eigenvalue weighted by Gasteiger charge is -2.11. The van der Waals surface area contributed by atoms with E-state index in [-0.39, 0.29) is 16.4 Å². The standard InChI is InChI=1S/C12H11BrFN3O2S/c1-15-12-11(6-8(13)7-16-12)20(18,19)17-10-4-2-9(14)3-5-10/h2-7,17H,1H3,(H,15,16). The Balaban J connectivity index is 2.40. The van der Waals surface area contributed by atoms with Gasteiger partial charge >= 0.3 is 0 Å². The molecule has 0 aliphatic carbocycles. The van der Waals surface area contributed by atoms with Gasteiger partial charge in [-0.2, -0.15) is 0 Å². The molecule has 0 bridgehead atoms. The molecular formula is C12H11BrFN3O2S. The number of pyridine rings is 1. The highest BCUT2D eigenvalue weighted by molar-refractivity contribution is 9.10. The Labute approximate surface area is 124 Å². The molecule has 0 aliphatic rings. The zero-order valence-electron chi connectivity index (χ0n) is 10.4. The van der Waals surface area contributed by atoms with E-state index < -0.39 is 15.8 Å². The van der Waals surface area contributed by atoms with Gasteiger partial charge in [0.2, 0.25) is 0 Å². The molecule has 2 rings (SSSR count).